The summed E-state index contributed by atoms with van der Waals surface area (Å²) in [6.45, 7) is 0. The number of nitrogens with zero attached hydrogens (tertiary/aromatic N) is 1. The summed E-state index contributed by atoms with van der Waals surface area (Å²) in [7, 11) is 0. The number of hydrogen-bond donors (Lipinski definition) is 2. The molecule has 19 heavy (non-hydrogen) atoms. The number of halogens is 1. The fourth-order valence-corrected chi connectivity index (χ4v) is 1.69. The van der Waals surface area contributed by atoms with Crippen LogP contribution in [0.15, 0.2) is 24.3 Å². The van der Waals surface area contributed by atoms with Gasteiger partial charge in [-0.1, -0.05) is 11.6 Å². The number of pyridine rings is 1. The third kappa shape index (κ3) is 3.02. The summed E-state index contributed by atoms with van der Waals surface area (Å²) in [5.74, 6) is -0.0903. The first-order valence-electron chi connectivity index (χ1n) is 4.87. The van der Waals surface area contributed by atoms with Crippen LogP contribution < -0.4 is 9.47 Å². The second-order valence-corrected chi connectivity index (χ2v) is 3.76. The van der Waals surface area contributed by atoms with Gasteiger partial charge in [-0.05, 0) is 18.2 Å². The summed E-state index contributed by atoms with van der Waals surface area (Å²) < 4.78 is 8.87. The van der Waals surface area contributed by atoms with Crippen molar-refractivity contribution in [2.45, 2.75) is 0 Å². The van der Waals surface area contributed by atoms with Crippen molar-refractivity contribution < 1.29 is 29.3 Å². The maximum Gasteiger partial charge on any atom is 0.512 e. The largest absolute Gasteiger partial charge is 0.512 e. The van der Waals surface area contributed by atoms with E-state index in [1.807, 2.05) is 0 Å². The molecule has 0 amide bonds. The van der Waals surface area contributed by atoms with E-state index >= 15 is 0 Å². The maximum absolute atomic E-state index is 10.4. The molecule has 0 spiro atoms. The van der Waals surface area contributed by atoms with Crippen molar-refractivity contribution in [2.24, 2.45) is 0 Å². The van der Waals surface area contributed by atoms with Crippen LogP contribution >= 0.6 is 11.6 Å². The fraction of sp³-hybridized carbons (Fsp3) is 0. The van der Waals surface area contributed by atoms with Gasteiger partial charge in [-0.25, -0.2) is 14.6 Å². The molecule has 0 aliphatic carbocycles. The third-order valence-electron chi connectivity index (χ3n) is 2.10. The van der Waals surface area contributed by atoms with E-state index in [1.54, 1.807) is 0 Å². The van der Waals surface area contributed by atoms with Gasteiger partial charge in [0.25, 0.3) is 0 Å². The molecule has 0 radical (unpaired) electrons. The lowest BCUT2D eigenvalue weighted by Gasteiger charge is -2.05. The Bertz CT molecular complexity index is 672. The van der Waals surface area contributed by atoms with Crippen LogP contribution in [0.4, 0.5) is 9.59 Å². The van der Waals surface area contributed by atoms with Gasteiger partial charge >= 0.3 is 12.3 Å². The predicted octanol–water partition coefficient (Wildman–Crippen LogP) is 3.00. The average Bonchev–Trinajstić information content (AvgIpc) is 2.28. The number of ether oxygens (including phenoxy) is 2. The van der Waals surface area contributed by atoms with Gasteiger partial charge in [0.1, 0.15) is 5.75 Å². The van der Waals surface area contributed by atoms with Crippen LogP contribution in [0.25, 0.3) is 10.9 Å². The molecule has 0 unspecified atom stereocenters. The third-order valence-corrected chi connectivity index (χ3v) is 2.42. The Morgan fingerprint density at radius 1 is 1.11 bits per heavy atom. The molecule has 7 nitrogen and oxygen atoms in total. The van der Waals surface area contributed by atoms with Gasteiger partial charge in [0.15, 0.2) is 0 Å². The van der Waals surface area contributed by atoms with E-state index in [2.05, 4.69) is 14.5 Å². The lowest BCUT2D eigenvalue weighted by atomic mass is 10.2. The van der Waals surface area contributed by atoms with Crippen molar-refractivity contribution in [1.82, 2.24) is 4.98 Å². The van der Waals surface area contributed by atoms with Crippen LogP contribution in [0, 0.1) is 0 Å². The van der Waals surface area contributed by atoms with E-state index in [4.69, 9.17) is 21.8 Å². The van der Waals surface area contributed by atoms with Crippen molar-refractivity contribution in [3.8, 4) is 11.6 Å². The van der Waals surface area contributed by atoms with Crippen molar-refractivity contribution in [3.05, 3.63) is 29.3 Å². The molecule has 2 rings (SSSR count). The molecule has 0 bridgehead atoms. The van der Waals surface area contributed by atoms with E-state index in [1.165, 1.54) is 24.3 Å². The van der Waals surface area contributed by atoms with Gasteiger partial charge in [-0.3, -0.25) is 0 Å². The smallest absolute Gasteiger partial charge is 0.449 e. The average molecular weight is 284 g/mol. The number of carbonyl (C=O) groups is 2. The summed E-state index contributed by atoms with van der Waals surface area (Å²) in [5.41, 5.74) is 0.349. The van der Waals surface area contributed by atoms with Gasteiger partial charge in [0.2, 0.25) is 5.88 Å². The first-order chi connectivity index (χ1) is 8.95. The molecule has 1 aromatic heterocycles. The Hall–Kier alpha value is -2.54. The molecule has 0 atom stereocenters. The molecular weight excluding hydrogens is 278 g/mol. The molecule has 0 fully saturated rings. The maximum atomic E-state index is 10.4. The minimum absolute atomic E-state index is 0.0793. The quantitative estimate of drug-likeness (QED) is 0.644. The van der Waals surface area contributed by atoms with Gasteiger partial charge in [0, 0.05) is 11.5 Å². The summed E-state index contributed by atoms with van der Waals surface area (Å²) in [6.07, 6.45) is -2.96. The predicted molar refractivity (Wildman–Crippen MR) is 64.1 cm³/mol. The van der Waals surface area contributed by atoms with Crippen LogP contribution in [-0.2, 0) is 0 Å². The number of benzene rings is 1. The Kier molecular flexibility index (Phi) is 3.39. The highest BCUT2D eigenvalue weighted by molar-refractivity contribution is 6.35. The second-order valence-electron chi connectivity index (χ2n) is 3.36. The van der Waals surface area contributed by atoms with Crippen LogP contribution in [0.2, 0.25) is 5.02 Å². The summed E-state index contributed by atoms with van der Waals surface area (Å²) in [5, 5.41) is 17.6. The Morgan fingerprint density at radius 2 is 1.79 bits per heavy atom. The molecule has 0 aliphatic heterocycles. The highest BCUT2D eigenvalue weighted by Crippen LogP contribution is 2.29. The fourth-order valence-electron chi connectivity index (χ4n) is 1.45. The van der Waals surface area contributed by atoms with E-state index in [9.17, 15) is 9.59 Å². The van der Waals surface area contributed by atoms with Gasteiger partial charge in [-0.15, -0.1) is 0 Å². The van der Waals surface area contributed by atoms with Crippen molar-refractivity contribution in [3.63, 3.8) is 0 Å². The van der Waals surface area contributed by atoms with E-state index in [-0.39, 0.29) is 16.7 Å². The van der Waals surface area contributed by atoms with Crippen molar-refractivity contribution in [2.75, 3.05) is 0 Å². The summed E-state index contributed by atoms with van der Waals surface area (Å²) in [6, 6.07) is 5.39. The number of carboxylic acid groups (broad SMARTS) is 2. The Morgan fingerprint density at radius 3 is 2.42 bits per heavy atom. The zero-order chi connectivity index (χ0) is 14.0. The molecule has 1 aromatic carbocycles. The lowest BCUT2D eigenvalue weighted by molar-refractivity contribution is 0.141. The van der Waals surface area contributed by atoms with Gasteiger partial charge in [-0.2, -0.15) is 0 Å². The highest BCUT2D eigenvalue weighted by atomic mass is 35.5. The molecule has 0 aliphatic rings. The SMILES string of the molecule is O=C(O)Oc1ccc2nc(OC(=O)O)cc(Cl)c2c1. The molecule has 2 N–H and O–H groups in total. The number of hydrogen-bond acceptors (Lipinski definition) is 5. The van der Waals surface area contributed by atoms with E-state index in [0.29, 0.717) is 10.9 Å². The highest BCUT2D eigenvalue weighted by Gasteiger charge is 2.10. The molecule has 1 heterocycles. The second kappa shape index (κ2) is 4.99. The Balaban J connectivity index is 2.47. The molecule has 2 aromatic rings. The van der Waals surface area contributed by atoms with Crippen LogP contribution in [-0.4, -0.2) is 27.5 Å². The first-order valence-corrected chi connectivity index (χ1v) is 5.25. The molecule has 8 heteroatoms. The van der Waals surface area contributed by atoms with Gasteiger partial charge < -0.3 is 19.7 Å². The monoisotopic (exact) mass is 283 g/mol. The minimum atomic E-state index is -1.51. The molecular formula is C11H6ClNO6. The lowest BCUT2D eigenvalue weighted by Crippen LogP contribution is -2.05. The number of rotatable bonds is 2. The number of fused-ring (bicyclic) bond motifs is 1. The summed E-state index contributed by atoms with van der Waals surface area (Å²) >= 11 is 5.94. The van der Waals surface area contributed by atoms with Crippen molar-refractivity contribution in [1.29, 1.82) is 0 Å². The van der Waals surface area contributed by atoms with Crippen molar-refractivity contribution >= 4 is 34.8 Å². The normalized spacial score (nSPS) is 10.2. The van der Waals surface area contributed by atoms with E-state index < -0.39 is 12.3 Å². The topological polar surface area (TPSA) is 106 Å². The molecule has 98 valence electrons. The van der Waals surface area contributed by atoms with Crippen LogP contribution in [0.5, 0.6) is 11.6 Å². The Labute approximate surface area is 111 Å². The zero-order valence-corrected chi connectivity index (χ0v) is 9.92. The summed E-state index contributed by atoms with van der Waals surface area (Å²) in [4.78, 5) is 24.7. The van der Waals surface area contributed by atoms with E-state index in [0.717, 1.165) is 0 Å². The first kappa shape index (κ1) is 12.9. The molecule has 0 saturated carbocycles. The minimum Gasteiger partial charge on any atom is -0.449 e. The van der Waals surface area contributed by atoms with Crippen LogP contribution in [0.3, 0.4) is 0 Å². The molecule has 0 saturated heterocycles. The standard InChI is InChI=1S/C11H6ClNO6/c12-7-4-9(19-11(16)17)13-8-2-1-5(3-6(7)8)18-10(14)15/h1-4H,(H,14,15)(H,16,17). The van der Waals surface area contributed by atoms with Gasteiger partial charge in [0.05, 0.1) is 10.5 Å². The zero-order valence-electron chi connectivity index (χ0n) is 9.16. The van der Waals surface area contributed by atoms with Crippen LogP contribution in [0.1, 0.15) is 0 Å². The number of aromatic nitrogens is 1.